The van der Waals surface area contributed by atoms with E-state index in [0.29, 0.717) is 0 Å². The van der Waals surface area contributed by atoms with E-state index >= 15 is 0 Å². The maximum atomic E-state index is 3.70. The first kappa shape index (κ1) is 13.8. The van der Waals surface area contributed by atoms with Crippen LogP contribution in [0.5, 0.6) is 0 Å². The highest BCUT2D eigenvalue weighted by Crippen LogP contribution is 2.43. The Balaban J connectivity index is 1.50. The van der Waals surface area contributed by atoms with Crippen LogP contribution in [0.4, 0.5) is 0 Å². The van der Waals surface area contributed by atoms with Crippen LogP contribution in [0, 0.1) is 0 Å². The van der Waals surface area contributed by atoms with Crippen molar-refractivity contribution in [1.29, 1.82) is 0 Å². The summed E-state index contributed by atoms with van der Waals surface area (Å²) in [5, 5.41) is 2.71. The molecular weight excluding hydrogens is 326 g/mol. The molecule has 0 aliphatic heterocycles. The van der Waals surface area contributed by atoms with E-state index in [1.165, 1.54) is 66.3 Å². The Morgan fingerprint density at radius 3 is 1.48 bits per heavy atom. The summed E-state index contributed by atoms with van der Waals surface area (Å²) in [6.45, 7) is 0. The average molecular weight is 343 g/mol. The van der Waals surface area contributed by atoms with Gasteiger partial charge < -0.3 is 4.98 Å². The van der Waals surface area contributed by atoms with Gasteiger partial charge in [0.25, 0.3) is 0 Å². The van der Waals surface area contributed by atoms with Gasteiger partial charge in [0.05, 0.1) is 0 Å². The lowest BCUT2D eigenvalue weighted by molar-refractivity contribution is 1.27. The van der Waals surface area contributed by atoms with Crippen molar-refractivity contribution in [3.8, 4) is 22.3 Å². The fourth-order valence-corrected chi connectivity index (χ4v) is 5.17. The van der Waals surface area contributed by atoms with Crippen LogP contribution in [0.3, 0.4) is 0 Å². The maximum Gasteiger partial charge on any atom is 0.0471 e. The SMILES string of the molecule is c1ccc2c(c1)Cc1cc3c(cc1-2)[nH]c1cc2c(cc13)Cc1ccccc1-2. The monoisotopic (exact) mass is 343 g/mol. The summed E-state index contributed by atoms with van der Waals surface area (Å²) < 4.78 is 0. The fourth-order valence-electron chi connectivity index (χ4n) is 5.17. The van der Waals surface area contributed by atoms with E-state index in [4.69, 9.17) is 0 Å². The van der Waals surface area contributed by atoms with E-state index in [2.05, 4.69) is 77.8 Å². The molecule has 7 rings (SSSR count). The highest BCUT2D eigenvalue weighted by molar-refractivity contribution is 6.11. The number of H-pyrrole nitrogens is 1. The fraction of sp³-hybridized carbons (Fsp3) is 0.0769. The first-order valence-corrected chi connectivity index (χ1v) is 9.63. The number of rotatable bonds is 0. The van der Waals surface area contributed by atoms with Crippen LogP contribution in [0.2, 0.25) is 0 Å². The van der Waals surface area contributed by atoms with Gasteiger partial charge in [-0.25, -0.2) is 0 Å². The molecule has 0 bridgehead atoms. The van der Waals surface area contributed by atoms with E-state index in [1.54, 1.807) is 0 Å². The van der Waals surface area contributed by atoms with Crippen LogP contribution in [0.15, 0.2) is 72.8 Å². The maximum absolute atomic E-state index is 3.70. The number of hydrogen-bond acceptors (Lipinski definition) is 0. The lowest BCUT2D eigenvalue weighted by Crippen LogP contribution is -1.81. The molecule has 0 unspecified atom stereocenters. The Kier molecular flexibility index (Phi) is 2.40. The van der Waals surface area contributed by atoms with Crippen molar-refractivity contribution in [2.45, 2.75) is 12.8 Å². The minimum Gasteiger partial charge on any atom is -0.354 e. The Hall–Kier alpha value is -3.32. The topological polar surface area (TPSA) is 15.8 Å². The third-order valence-corrected chi connectivity index (χ3v) is 6.42. The van der Waals surface area contributed by atoms with Gasteiger partial charge in [0.15, 0.2) is 0 Å². The second kappa shape index (κ2) is 4.69. The molecule has 27 heavy (non-hydrogen) atoms. The zero-order valence-corrected chi connectivity index (χ0v) is 14.8. The number of nitrogens with one attached hydrogen (secondary N) is 1. The van der Waals surface area contributed by atoms with Crippen LogP contribution in [0.25, 0.3) is 44.1 Å². The molecule has 1 nitrogen and oxygen atoms in total. The highest BCUT2D eigenvalue weighted by Gasteiger charge is 2.22. The molecule has 126 valence electrons. The zero-order valence-electron chi connectivity index (χ0n) is 14.8. The molecule has 0 amide bonds. The molecule has 0 radical (unpaired) electrons. The molecule has 0 saturated carbocycles. The first-order valence-electron chi connectivity index (χ1n) is 9.63. The van der Waals surface area contributed by atoms with Crippen molar-refractivity contribution >= 4 is 21.8 Å². The van der Waals surface area contributed by atoms with E-state index in [1.807, 2.05) is 0 Å². The van der Waals surface area contributed by atoms with Gasteiger partial charge in [-0.05, 0) is 81.6 Å². The molecule has 2 aliphatic rings. The Labute approximate surface area is 157 Å². The standard InChI is InChI=1S/C26H17N/c1-3-7-19-15(5-1)9-17-11-23-24-12-18-10-16-6-2-4-8-20(16)22(18)14-26(24)27-25(23)13-21(17)19/h1-8,11-14,27H,9-10H2. The van der Waals surface area contributed by atoms with Gasteiger partial charge in [-0.2, -0.15) is 0 Å². The van der Waals surface area contributed by atoms with Crippen LogP contribution in [-0.2, 0) is 12.8 Å². The molecule has 1 heteroatoms. The summed E-state index contributed by atoms with van der Waals surface area (Å²) in [5.74, 6) is 0. The van der Waals surface area contributed by atoms with Gasteiger partial charge in [-0.15, -0.1) is 0 Å². The number of fused-ring (bicyclic) bond motifs is 9. The van der Waals surface area contributed by atoms with Crippen molar-refractivity contribution in [3.05, 3.63) is 95.1 Å². The van der Waals surface area contributed by atoms with Crippen LogP contribution >= 0.6 is 0 Å². The van der Waals surface area contributed by atoms with E-state index in [0.717, 1.165) is 12.8 Å². The first-order chi connectivity index (χ1) is 13.3. The largest absolute Gasteiger partial charge is 0.354 e. The minimum atomic E-state index is 1.05. The molecule has 4 aromatic carbocycles. The van der Waals surface area contributed by atoms with Gasteiger partial charge in [0.2, 0.25) is 0 Å². The summed E-state index contributed by atoms with van der Waals surface area (Å²) in [7, 11) is 0. The molecule has 0 atom stereocenters. The van der Waals surface area contributed by atoms with Gasteiger partial charge in [-0.1, -0.05) is 48.5 Å². The van der Waals surface area contributed by atoms with Crippen LogP contribution in [-0.4, -0.2) is 4.98 Å². The van der Waals surface area contributed by atoms with Gasteiger partial charge >= 0.3 is 0 Å². The van der Waals surface area contributed by atoms with Crippen LogP contribution < -0.4 is 0 Å². The molecule has 0 fully saturated rings. The van der Waals surface area contributed by atoms with Gasteiger partial charge in [0, 0.05) is 21.8 Å². The Morgan fingerprint density at radius 1 is 0.481 bits per heavy atom. The normalized spacial score (nSPS) is 13.6. The molecule has 1 N–H and O–H groups in total. The Bertz CT molecular complexity index is 1310. The predicted octanol–water partition coefficient (Wildman–Crippen LogP) is 6.46. The Morgan fingerprint density at radius 2 is 0.963 bits per heavy atom. The summed E-state index contributed by atoms with van der Waals surface area (Å²) in [4.78, 5) is 3.70. The lowest BCUT2D eigenvalue weighted by Gasteiger charge is -2.02. The third kappa shape index (κ3) is 1.74. The van der Waals surface area contributed by atoms with Crippen molar-refractivity contribution in [1.82, 2.24) is 4.98 Å². The van der Waals surface area contributed by atoms with Crippen molar-refractivity contribution in [2.24, 2.45) is 0 Å². The lowest BCUT2D eigenvalue weighted by atomic mass is 10.0. The zero-order chi connectivity index (χ0) is 17.5. The van der Waals surface area contributed by atoms with Crippen molar-refractivity contribution in [2.75, 3.05) is 0 Å². The molecule has 0 spiro atoms. The van der Waals surface area contributed by atoms with E-state index < -0.39 is 0 Å². The highest BCUT2D eigenvalue weighted by atomic mass is 14.7. The van der Waals surface area contributed by atoms with Gasteiger partial charge in [0.1, 0.15) is 0 Å². The number of aromatic nitrogens is 1. The number of aromatic amines is 1. The quantitative estimate of drug-likeness (QED) is 0.325. The number of hydrogen-bond donors (Lipinski definition) is 1. The molecule has 0 saturated heterocycles. The van der Waals surface area contributed by atoms with Crippen LogP contribution in [0.1, 0.15) is 22.3 Å². The second-order valence-electron chi connectivity index (χ2n) is 7.90. The third-order valence-electron chi connectivity index (χ3n) is 6.42. The summed E-state index contributed by atoms with van der Waals surface area (Å²) in [5.41, 5.74) is 13.9. The van der Waals surface area contributed by atoms with E-state index in [-0.39, 0.29) is 0 Å². The van der Waals surface area contributed by atoms with Gasteiger partial charge in [-0.3, -0.25) is 0 Å². The number of benzene rings is 4. The summed E-state index contributed by atoms with van der Waals surface area (Å²) in [6, 6.07) is 27.1. The minimum absolute atomic E-state index is 1.05. The smallest absolute Gasteiger partial charge is 0.0471 e. The van der Waals surface area contributed by atoms with Crippen molar-refractivity contribution < 1.29 is 0 Å². The molecule has 1 heterocycles. The summed E-state index contributed by atoms with van der Waals surface area (Å²) in [6.07, 6.45) is 2.09. The summed E-state index contributed by atoms with van der Waals surface area (Å²) >= 11 is 0. The predicted molar refractivity (Wildman–Crippen MR) is 112 cm³/mol. The molecular formula is C26H17N. The molecule has 5 aromatic rings. The molecule has 2 aliphatic carbocycles. The molecule has 1 aromatic heterocycles. The van der Waals surface area contributed by atoms with E-state index in [9.17, 15) is 0 Å². The van der Waals surface area contributed by atoms with Crippen molar-refractivity contribution in [3.63, 3.8) is 0 Å². The average Bonchev–Trinajstić information content (AvgIpc) is 3.35. The second-order valence-corrected chi connectivity index (χ2v) is 7.90.